The van der Waals surface area contributed by atoms with Gasteiger partial charge in [-0.3, -0.25) is 4.98 Å². The molecule has 0 aliphatic heterocycles. The minimum Gasteiger partial charge on any atom is -0.384 e. The Bertz CT molecular complexity index is 531. The molecule has 4 nitrogen and oxygen atoms in total. The molecule has 2 aromatic rings. The van der Waals surface area contributed by atoms with Crippen molar-refractivity contribution in [2.75, 3.05) is 0 Å². The van der Waals surface area contributed by atoms with Crippen molar-refractivity contribution in [3.63, 3.8) is 0 Å². The average Bonchev–Trinajstić information content (AvgIpc) is 2.76. The third-order valence-electron chi connectivity index (χ3n) is 2.58. The van der Waals surface area contributed by atoms with E-state index in [4.69, 9.17) is 0 Å². The molecule has 0 saturated heterocycles. The zero-order valence-corrected chi connectivity index (χ0v) is 11.7. The zero-order valence-electron chi connectivity index (χ0n) is 10.8. The summed E-state index contributed by atoms with van der Waals surface area (Å²) in [5.41, 5.74) is 0.680. The van der Waals surface area contributed by atoms with Crippen LogP contribution in [-0.2, 0) is 18.4 Å². The third-order valence-corrected chi connectivity index (χ3v) is 3.64. The van der Waals surface area contributed by atoms with Crippen molar-refractivity contribution in [1.82, 2.24) is 15.2 Å². The Morgan fingerprint density at radius 1 is 1.22 bits per heavy atom. The molecule has 0 aromatic carbocycles. The Morgan fingerprint density at radius 2 is 1.94 bits per heavy atom. The molecule has 18 heavy (non-hydrogen) atoms. The summed E-state index contributed by atoms with van der Waals surface area (Å²) < 4.78 is 0. The summed E-state index contributed by atoms with van der Waals surface area (Å²) in [5.74, 6) is 0. The van der Waals surface area contributed by atoms with E-state index in [0.29, 0.717) is 12.1 Å². The molecular weight excluding hydrogens is 246 g/mol. The summed E-state index contributed by atoms with van der Waals surface area (Å²) in [7, 11) is 0. The van der Waals surface area contributed by atoms with Gasteiger partial charge in [0.1, 0.15) is 15.6 Å². The molecule has 0 atom stereocenters. The van der Waals surface area contributed by atoms with Gasteiger partial charge < -0.3 is 5.11 Å². The lowest BCUT2D eigenvalue weighted by atomic mass is 10.0. The predicted octanol–water partition coefficient (Wildman–Crippen LogP) is 2.31. The van der Waals surface area contributed by atoms with Crippen molar-refractivity contribution in [1.29, 1.82) is 0 Å². The van der Waals surface area contributed by atoms with E-state index >= 15 is 0 Å². The van der Waals surface area contributed by atoms with Crippen LogP contribution in [0.4, 0.5) is 0 Å². The first-order valence-electron chi connectivity index (χ1n) is 5.99. The second-order valence-electron chi connectivity index (χ2n) is 4.69. The molecule has 0 aliphatic rings. The molecule has 0 bridgehead atoms. The van der Waals surface area contributed by atoms with Gasteiger partial charge in [0.15, 0.2) is 0 Å². The van der Waals surface area contributed by atoms with Crippen LogP contribution in [0.15, 0.2) is 18.2 Å². The topological polar surface area (TPSA) is 58.9 Å². The molecular formula is C13H17N3OS. The summed E-state index contributed by atoms with van der Waals surface area (Å²) in [6.07, 6.45) is 1.58. The highest BCUT2D eigenvalue weighted by Gasteiger charge is 2.18. The van der Waals surface area contributed by atoms with Gasteiger partial charge in [0.25, 0.3) is 0 Å². The molecule has 2 aromatic heterocycles. The van der Waals surface area contributed by atoms with Crippen LogP contribution in [0.1, 0.15) is 42.2 Å². The Labute approximate surface area is 111 Å². The maximum atomic E-state index is 9.93. The minimum atomic E-state index is -0.911. The fourth-order valence-corrected chi connectivity index (χ4v) is 2.38. The first-order chi connectivity index (χ1) is 8.49. The van der Waals surface area contributed by atoms with Gasteiger partial charge >= 0.3 is 0 Å². The van der Waals surface area contributed by atoms with Crippen LogP contribution in [-0.4, -0.2) is 20.3 Å². The SMILES string of the molecule is CCc1nnc(Cc2cccc(C(C)(C)O)n2)s1. The van der Waals surface area contributed by atoms with Crippen LogP contribution in [0, 0.1) is 0 Å². The molecule has 0 fully saturated rings. The van der Waals surface area contributed by atoms with E-state index in [2.05, 4.69) is 22.1 Å². The van der Waals surface area contributed by atoms with Crippen LogP contribution in [0.25, 0.3) is 0 Å². The van der Waals surface area contributed by atoms with Gasteiger partial charge in [0, 0.05) is 12.1 Å². The summed E-state index contributed by atoms with van der Waals surface area (Å²) in [6, 6.07) is 5.70. The molecule has 1 N–H and O–H groups in total. The normalized spacial score (nSPS) is 11.8. The summed E-state index contributed by atoms with van der Waals surface area (Å²) in [5, 5.41) is 20.2. The number of rotatable bonds is 4. The lowest BCUT2D eigenvalue weighted by Gasteiger charge is -2.16. The van der Waals surface area contributed by atoms with Gasteiger partial charge in [0.2, 0.25) is 0 Å². The lowest BCUT2D eigenvalue weighted by Crippen LogP contribution is -2.18. The Morgan fingerprint density at radius 3 is 2.56 bits per heavy atom. The minimum absolute atomic E-state index is 0.668. The molecule has 0 aliphatic carbocycles. The van der Waals surface area contributed by atoms with Gasteiger partial charge in [-0.25, -0.2) is 0 Å². The second kappa shape index (κ2) is 5.12. The van der Waals surface area contributed by atoms with Crippen molar-refractivity contribution in [3.05, 3.63) is 39.6 Å². The smallest absolute Gasteiger partial charge is 0.123 e. The summed E-state index contributed by atoms with van der Waals surface area (Å²) in [6.45, 7) is 5.54. The third kappa shape index (κ3) is 3.11. The van der Waals surface area contributed by atoms with E-state index < -0.39 is 5.60 Å². The number of aliphatic hydroxyl groups is 1. The van der Waals surface area contributed by atoms with Gasteiger partial charge in [0.05, 0.1) is 5.69 Å². The number of aryl methyl sites for hydroxylation is 1. The van der Waals surface area contributed by atoms with Gasteiger partial charge in [-0.15, -0.1) is 21.5 Å². The van der Waals surface area contributed by atoms with Crippen molar-refractivity contribution < 1.29 is 5.11 Å². The first-order valence-corrected chi connectivity index (χ1v) is 6.80. The van der Waals surface area contributed by atoms with E-state index in [1.807, 2.05) is 18.2 Å². The molecule has 0 unspecified atom stereocenters. The highest BCUT2D eigenvalue weighted by atomic mass is 32.1. The zero-order chi connectivity index (χ0) is 13.2. The van der Waals surface area contributed by atoms with Gasteiger partial charge in [-0.1, -0.05) is 13.0 Å². The van der Waals surface area contributed by atoms with E-state index in [1.165, 1.54) is 0 Å². The highest BCUT2D eigenvalue weighted by molar-refractivity contribution is 7.11. The largest absolute Gasteiger partial charge is 0.384 e. The Kier molecular flexibility index (Phi) is 3.73. The van der Waals surface area contributed by atoms with Crippen molar-refractivity contribution >= 4 is 11.3 Å². The van der Waals surface area contributed by atoms with Gasteiger partial charge in [-0.2, -0.15) is 0 Å². The standard InChI is InChI=1S/C13H17N3OS/c1-4-11-15-16-12(18-11)8-9-6-5-7-10(14-9)13(2,3)17/h5-7,17H,4,8H2,1-3H3. The van der Waals surface area contributed by atoms with E-state index in [0.717, 1.165) is 22.1 Å². The Hall–Kier alpha value is -1.33. The summed E-state index contributed by atoms with van der Waals surface area (Å²) in [4.78, 5) is 4.46. The number of pyridine rings is 1. The molecule has 0 radical (unpaired) electrons. The fourth-order valence-electron chi connectivity index (χ4n) is 1.58. The molecule has 5 heteroatoms. The molecule has 96 valence electrons. The molecule has 2 heterocycles. The highest BCUT2D eigenvalue weighted by Crippen LogP contribution is 2.19. The quantitative estimate of drug-likeness (QED) is 0.919. The lowest BCUT2D eigenvalue weighted by molar-refractivity contribution is 0.0736. The van der Waals surface area contributed by atoms with Crippen LogP contribution in [0.3, 0.4) is 0 Å². The molecule has 0 amide bonds. The molecule has 2 rings (SSSR count). The maximum Gasteiger partial charge on any atom is 0.123 e. The average molecular weight is 263 g/mol. The van der Waals surface area contributed by atoms with Crippen LogP contribution < -0.4 is 0 Å². The number of hydrogen-bond acceptors (Lipinski definition) is 5. The van der Waals surface area contributed by atoms with Crippen molar-refractivity contribution in [2.45, 2.75) is 39.2 Å². The number of hydrogen-bond donors (Lipinski definition) is 1. The van der Waals surface area contributed by atoms with Crippen molar-refractivity contribution in [2.24, 2.45) is 0 Å². The first kappa shape index (κ1) is 13.1. The predicted molar refractivity (Wildman–Crippen MR) is 71.6 cm³/mol. The van der Waals surface area contributed by atoms with E-state index in [-0.39, 0.29) is 0 Å². The fraction of sp³-hybridized carbons (Fsp3) is 0.462. The Balaban J connectivity index is 2.19. The van der Waals surface area contributed by atoms with Crippen LogP contribution in [0.5, 0.6) is 0 Å². The van der Waals surface area contributed by atoms with Crippen molar-refractivity contribution in [3.8, 4) is 0 Å². The van der Waals surface area contributed by atoms with E-state index in [1.54, 1.807) is 25.2 Å². The van der Waals surface area contributed by atoms with Crippen LogP contribution in [0.2, 0.25) is 0 Å². The molecule has 0 saturated carbocycles. The molecule has 0 spiro atoms. The van der Waals surface area contributed by atoms with E-state index in [9.17, 15) is 5.11 Å². The number of aromatic nitrogens is 3. The van der Waals surface area contributed by atoms with Crippen LogP contribution >= 0.6 is 11.3 Å². The van der Waals surface area contributed by atoms with Gasteiger partial charge in [-0.05, 0) is 32.4 Å². The maximum absolute atomic E-state index is 9.93. The monoisotopic (exact) mass is 263 g/mol. The summed E-state index contributed by atoms with van der Waals surface area (Å²) >= 11 is 1.62. The second-order valence-corrected chi connectivity index (χ2v) is 5.84. The number of nitrogens with zero attached hydrogens (tertiary/aromatic N) is 3.